The topological polar surface area (TPSA) is 114 Å². The fraction of sp³-hybridized carbons (Fsp3) is 0.571. The number of hydrogen-bond donors (Lipinski definition) is 3. The molecule has 4 N–H and O–H groups in total. The summed E-state index contributed by atoms with van der Waals surface area (Å²) in [4.78, 5) is 38.1. The van der Waals surface area contributed by atoms with Gasteiger partial charge in [0.1, 0.15) is 6.04 Å². The molecule has 4 heterocycles. The molecule has 29 heavy (non-hydrogen) atoms. The molecule has 1 aromatic carbocycles. The van der Waals surface area contributed by atoms with Gasteiger partial charge in [0.05, 0.1) is 5.60 Å². The Balaban J connectivity index is 1.26. The van der Waals surface area contributed by atoms with Gasteiger partial charge in [0.25, 0.3) is 5.91 Å². The molecule has 4 aliphatic heterocycles. The summed E-state index contributed by atoms with van der Waals surface area (Å²) >= 11 is 0. The number of piperidine rings is 1. The highest BCUT2D eigenvalue weighted by Crippen LogP contribution is 2.49. The molecule has 1 aromatic rings. The van der Waals surface area contributed by atoms with E-state index in [2.05, 4.69) is 10.6 Å². The van der Waals surface area contributed by atoms with Crippen molar-refractivity contribution < 1.29 is 19.1 Å². The van der Waals surface area contributed by atoms with Crippen molar-refractivity contribution >= 4 is 17.7 Å². The zero-order valence-corrected chi connectivity index (χ0v) is 16.3. The first-order valence-corrected chi connectivity index (χ1v) is 10.3. The van der Waals surface area contributed by atoms with Gasteiger partial charge in [0.2, 0.25) is 11.8 Å². The van der Waals surface area contributed by atoms with E-state index in [9.17, 15) is 14.4 Å². The summed E-state index contributed by atoms with van der Waals surface area (Å²) < 4.78 is 5.85. The molecule has 4 fully saturated rings. The number of carbonyl (C=O) groups is 3. The van der Waals surface area contributed by atoms with Crippen LogP contribution < -0.4 is 16.4 Å². The van der Waals surface area contributed by atoms with Crippen molar-refractivity contribution in [3.8, 4) is 0 Å². The van der Waals surface area contributed by atoms with Crippen LogP contribution in [-0.4, -0.2) is 53.0 Å². The van der Waals surface area contributed by atoms with E-state index in [1.165, 1.54) is 0 Å². The van der Waals surface area contributed by atoms with Gasteiger partial charge in [-0.2, -0.15) is 0 Å². The minimum absolute atomic E-state index is 0.0827. The Labute approximate surface area is 169 Å². The van der Waals surface area contributed by atoms with Gasteiger partial charge in [-0.1, -0.05) is 12.1 Å². The number of nitrogens with zero attached hydrogens (tertiary/aromatic N) is 1. The van der Waals surface area contributed by atoms with Gasteiger partial charge in [-0.25, -0.2) is 0 Å². The Morgan fingerprint density at radius 2 is 2.10 bits per heavy atom. The molecule has 0 aromatic heterocycles. The van der Waals surface area contributed by atoms with Crippen LogP contribution >= 0.6 is 0 Å². The van der Waals surface area contributed by atoms with Gasteiger partial charge >= 0.3 is 0 Å². The minimum Gasteiger partial charge on any atom is -0.373 e. The maximum Gasteiger partial charge on any atom is 0.255 e. The second kappa shape index (κ2) is 6.62. The van der Waals surface area contributed by atoms with Gasteiger partial charge in [-0.15, -0.1) is 0 Å². The van der Waals surface area contributed by atoms with Gasteiger partial charge < -0.3 is 20.7 Å². The van der Waals surface area contributed by atoms with E-state index >= 15 is 0 Å². The molecular formula is C21H26N4O4. The molecule has 8 nitrogen and oxygen atoms in total. The van der Waals surface area contributed by atoms with Gasteiger partial charge in [-0.05, 0) is 42.9 Å². The second-order valence-electron chi connectivity index (χ2n) is 8.86. The quantitative estimate of drug-likeness (QED) is 0.610. The first kappa shape index (κ1) is 18.7. The number of ether oxygens (including phenoxy) is 1. The Morgan fingerprint density at radius 1 is 1.28 bits per heavy atom. The molecule has 0 radical (unpaired) electrons. The minimum atomic E-state index is -0.574. The lowest BCUT2D eigenvalue weighted by Crippen LogP contribution is -2.71. The Hall–Kier alpha value is -2.29. The first-order chi connectivity index (χ1) is 13.9. The molecule has 0 spiro atoms. The smallest absolute Gasteiger partial charge is 0.255 e. The Morgan fingerprint density at radius 3 is 2.86 bits per heavy atom. The third-order valence-corrected chi connectivity index (χ3v) is 6.94. The Kier molecular flexibility index (Phi) is 4.27. The van der Waals surface area contributed by atoms with Crippen LogP contribution in [0.4, 0.5) is 0 Å². The van der Waals surface area contributed by atoms with Crippen molar-refractivity contribution in [3.63, 3.8) is 0 Å². The third-order valence-electron chi connectivity index (χ3n) is 6.94. The van der Waals surface area contributed by atoms with Crippen molar-refractivity contribution in [1.29, 1.82) is 0 Å². The van der Waals surface area contributed by atoms with Crippen LogP contribution in [-0.2, 0) is 27.4 Å². The summed E-state index contributed by atoms with van der Waals surface area (Å²) in [5.74, 6) is -0.784. The normalized spacial score (nSPS) is 33.3. The zero-order valence-electron chi connectivity index (χ0n) is 16.3. The first-order valence-electron chi connectivity index (χ1n) is 10.3. The SMILES string of the molecule is NCC12CC(NCc3ccc4c(c3)C(=O)N(C3CCC(=O)NC3=O)C4)(CCO1)C2. The highest BCUT2D eigenvalue weighted by molar-refractivity contribution is 6.05. The summed E-state index contributed by atoms with van der Waals surface area (Å²) in [5.41, 5.74) is 8.43. The zero-order chi connectivity index (χ0) is 20.2. The molecule has 3 saturated heterocycles. The number of rotatable bonds is 5. The number of nitrogens with one attached hydrogen (secondary N) is 2. The van der Waals surface area contributed by atoms with E-state index in [1.807, 2.05) is 18.2 Å². The summed E-state index contributed by atoms with van der Waals surface area (Å²) in [6.45, 7) is 2.38. The van der Waals surface area contributed by atoms with Crippen LogP contribution in [0.1, 0.15) is 53.6 Å². The monoisotopic (exact) mass is 398 g/mol. The van der Waals surface area contributed by atoms with Gasteiger partial charge in [0.15, 0.2) is 0 Å². The second-order valence-corrected chi connectivity index (χ2v) is 8.86. The maximum absolute atomic E-state index is 12.9. The van der Waals surface area contributed by atoms with Crippen molar-refractivity contribution in [2.24, 2.45) is 5.73 Å². The lowest BCUT2D eigenvalue weighted by atomic mass is 9.61. The molecule has 3 amide bonds. The summed E-state index contributed by atoms with van der Waals surface area (Å²) in [6, 6.07) is 5.37. The number of imide groups is 1. The number of benzene rings is 1. The Bertz CT molecular complexity index is 893. The molecule has 1 atom stereocenters. The van der Waals surface area contributed by atoms with Crippen LogP contribution in [0.15, 0.2) is 18.2 Å². The number of carbonyl (C=O) groups excluding carboxylic acids is 3. The number of hydrogen-bond acceptors (Lipinski definition) is 6. The van der Waals surface area contributed by atoms with E-state index in [0.29, 0.717) is 31.6 Å². The van der Waals surface area contributed by atoms with Crippen LogP contribution in [0.2, 0.25) is 0 Å². The summed E-state index contributed by atoms with van der Waals surface area (Å²) in [7, 11) is 0. The van der Waals surface area contributed by atoms with E-state index < -0.39 is 6.04 Å². The molecule has 1 unspecified atom stereocenters. The van der Waals surface area contributed by atoms with E-state index in [0.717, 1.165) is 37.0 Å². The van der Waals surface area contributed by atoms with Gasteiger partial charge in [-0.3, -0.25) is 19.7 Å². The van der Waals surface area contributed by atoms with Crippen LogP contribution in [0.5, 0.6) is 0 Å². The largest absolute Gasteiger partial charge is 0.373 e. The highest BCUT2D eigenvalue weighted by Gasteiger charge is 2.57. The highest BCUT2D eigenvalue weighted by atomic mass is 16.5. The molecule has 5 aliphatic rings. The van der Waals surface area contributed by atoms with Crippen LogP contribution in [0, 0.1) is 0 Å². The molecule has 1 saturated carbocycles. The number of fused-ring (bicyclic) bond motifs is 3. The number of amides is 3. The maximum atomic E-state index is 12.9. The van der Waals surface area contributed by atoms with Crippen LogP contribution in [0.3, 0.4) is 0 Å². The van der Waals surface area contributed by atoms with Gasteiger partial charge in [0, 0.05) is 43.8 Å². The lowest BCUT2D eigenvalue weighted by molar-refractivity contribution is -0.192. The fourth-order valence-corrected chi connectivity index (χ4v) is 5.34. The van der Waals surface area contributed by atoms with Crippen molar-refractivity contribution in [2.75, 3.05) is 13.2 Å². The fourth-order valence-electron chi connectivity index (χ4n) is 5.34. The number of nitrogens with two attached hydrogens (primary N) is 1. The van der Waals surface area contributed by atoms with E-state index in [4.69, 9.17) is 10.5 Å². The van der Waals surface area contributed by atoms with Crippen LogP contribution in [0.25, 0.3) is 0 Å². The van der Waals surface area contributed by atoms with Crippen molar-refractivity contribution in [3.05, 3.63) is 34.9 Å². The summed E-state index contributed by atoms with van der Waals surface area (Å²) in [5, 5.41) is 6.01. The average molecular weight is 398 g/mol. The molecule has 1 aliphatic carbocycles. The van der Waals surface area contributed by atoms with Crippen molar-refractivity contribution in [2.45, 2.75) is 62.4 Å². The van der Waals surface area contributed by atoms with E-state index in [1.54, 1.807) is 4.90 Å². The standard InChI is InChI=1S/C21H26N4O4/c22-12-21-10-20(11-21,5-6-29-21)23-8-13-1-2-14-9-25(19(28)15(14)7-13)16-3-4-17(26)24-18(16)27/h1-2,7,16,23H,3-6,8-12,22H2,(H,24,26,27). The molecule has 8 heteroatoms. The van der Waals surface area contributed by atoms with E-state index in [-0.39, 0.29) is 35.3 Å². The summed E-state index contributed by atoms with van der Waals surface area (Å²) in [6.07, 6.45) is 3.49. The van der Waals surface area contributed by atoms with Crippen molar-refractivity contribution in [1.82, 2.24) is 15.5 Å². The molecule has 6 rings (SSSR count). The third kappa shape index (κ3) is 3.06. The molecule has 2 bridgehead atoms. The predicted octanol–water partition coefficient (Wildman–Crippen LogP) is 0.188. The molecule has 154 valence electrons. The lowest BCUT2D eigenvalue weighted by Gasteiger charge is -2.60. The predicted molar refractivity (Wildman–Crippen MR) is 104 cm³/mol. The average Bonchev–Trinajstić information content (AvgIpc) is 3.02. The molecular weight excluding hydrogens is 372 g/mol.